The molecule has 0 atom stereocenters. The van der Waals surface area contributed by atoms with Crippen molar-refractivity contribution in [3.8, 4) is 0 Å². The molecular formula is C10H9Cl3N2O2. The topological polar surface area (TPSA) is 58.2 Å². The molecule has 17 heavy (non-hydrogen) atoms. The molecule has 0 saturated heterocycles. The van der Waals surface area contributed by atoms with Crippen LogP contribution in [0.25, 0.3) is 0 Å². The summed E-state index contributed by atoms with van der Waals surface area (Å²) in [7, 11) is 0. The minimum absolute atomic E-state index is 0.263. The molecule has 0 unspecified atom stereocenters. The third-order valence-corrected chi connectivity index (χ3v) is 2.26. The van der Waals surface area contributed by atoms with Gasteiger partial charge in [-0.2, -0.15) is 0 Å². The Morgan fingerprint density at radius 3 is 1.94 bits per heavy atom. The summed E-state index contributed by atoms with van der Waals surface area (Å²) in [5.41, 5.74) is 0.793. The molecule has 0 radical (unpaired) electrons. The zero-order valence-electron chi connectivity index (χ0n) is 8.76. The lowest BCUT2D eigenvalue weighted by atomic mass is 10.2. The predicted octanol–water partition coefficient (Wildman–Crippen LogP) is 2.95. The molecule has 7 heteroatoms. The fourth-order valence-electron chi connectivity index (χ4n) is 1.08. The van der Waals surface area contributed by atoms with Crippen LogP contribution in [0.1, 0.15) is 6.92 Å². The molecule has 0 saturated carbocycles. The van der Waals surface area contributed by atoms with E-state index in [4.69, 9.17) is 34.8 Å². The highest BCUT2D eigenvalue weighted by Gasteiger charge is 2.31. The van der Waals surface area contributed by atoms with E-state index in [1.165, 1.54) is 6.92 Å². The molecule has 92 valence electrons. The summed E-state index contributed by atoms with van der Waals surface area (Å²) in [6.45, 7) is 1.35. The Hall–Kier alpha value is -0.970. The molecule has 2 N–H and O–H groups in total. The van der Waals surface area contributed by atoms with Gasteiger partial charge in [0.15, 0.2) is 0 Å². The molecule has 1 rings (SSSR count). The third-order valence-electron chi connectivity index (χ3n) is 1.74. The number of para-hydroxylation sites is 2. The first kappa shape index (κ1) is 14.1. The van der Waals surface area contributed by atoms with E-state index in [1.54, 1.807) is 24.3 Å². The molecule has 1 aromatic rings. The zero-order chi connectivity index (χ0) is 13.1. The Morgan fingerprint density at radius 2 is 1.53 bits per heavy atom. The van der Waals surface area contributed by atoms with Crippen molar-refractivity contribution in [3.63, 3.8) is 0 Å². The number of anilines is 2. The summed E-state index contributed by atoms with van der Waals surface area (Å²) in [5.74, 6) is -1.05. The first-order valence-corrected chi connectivity index (χ1v) is 5.69. The monoisotopic (exact) mass is 294 g/mol. The molecule has 0 aliphatic heterocycles. The number of alkyl halides is 3. The summed E-state index contributed by atoms with van der Waals surface area (Å²) in [4.78, 5) is 22.4. The van der Waals surface area contributed by atoms with Gasteiger partial charge in [0.2, 0.25) is 5.91 Å². The number of hydrogen-bond donors (Lipinski definition) is 2. The second-order valence-corrected chi connectivity index (χ2v) is 5.46. The Bertz CT molecular complexity index is 443. The van der Waals surface area contributed by atoms with Crippen molar-refractivity contribution >= 4 is 58.0 Å². The van der Waals surface area contributed by atoms with Gasteiger partial charge in [0.25, 0.3) is 9.70 Å². The molecule has 0 fully saturated rings. The standard InChI is InChI=1S/C10H9Cl3N2O2/c1-6(16)14-7-4-2-3-5-8(7)15-9(17)10(11,12)13/h2-5H,1H3,(H,14,16)(H,15,17). The van der Waals surface area contributed by atoms with Gasteiger partial charge in [0.1, 0.15) is 0 Å². The molecule has 4 nitrogen and oxygen atoms in total. The number of carbonyl (C=O) groups excluding carboxylic acids is 2. The molecule has 0 spiro atoms. The van der Waals surface area contributed by atoms with Crippen LogP contribution < -0.4 is 10.6 Å². The minimum atomic E-state index is -2.05. The molecule has 0 aromatic heterocycles. The molecule has 1 aromatic carbocycles. The average molecular weight is 296 g/mol. The van der Waals surface area contributed by atoms with Crippen LogP contribution in [0.4, 0.5) is 11.4 Å². The van der Waals surface area contributed by atoms with Crippen LogP contribution in [0.2, 0.25) is 0 Å². The first-order valence-electron chi connectivity index (χ1n) is 4.55. The van der Waals surface area contributed by atoms with E-state index in [1.807, 2.05) is 0 Å². The van der Waals surface area contributed by atoms with E-state index < -0.39 is 9.70 Å². The van der Waals surface area contributed by atoms with Crippen molar-refractivity contribution in [1.82, 2.24) is 0 Å². The molecule has 0 aliphatic carbocycles. The highest BCUT2D eigenvalue weighted by Crippen LogP contribution is 2.29. The summed E-state index contributed by atoms with van der Waals surface area (Å²) in [5, 5.41) is 4.95. The lowest BCUT2D eigenvalue weighted by Crippen LogP contribution is -2.27. The van der Waals surface area contributed by atoms with Gasteiger partial charge in [-0.1, -0.05) is 46.9 Å². The maximum absolute atomic E-state index is 11.5. The van der Waals surface area contributed by atoms with Crippen molar-refractivity contribution in [1.29, 1.82) is 0 Å². The van der Waals surface area contributed by atoms with Crippen molar-refractivity contribution in [3.05, 3.63) is 24.3 Å². The van der Waals surface area contributed by atoms with Crippen molar-refractivity contribution in [2.75, 3.05) is 10.6 Å². The fraction of sp³-hybridized carbons (Fsp3) is 0.200. The van der Waals surface area contributed by atoms with Crippen molar-refractivity contribution in [2.45, 2.75) is 10.7 Å². The first-order chi connectivity index (χ1) is 7.80. The van der Waals surface area contributed by atoms with E-state index in [2.05, 4.69) is 10.6 Å². The van der Waals surface area contributed by atoms with Gasteiger partial charge in [0.05, 0.1) is 11.4 Å². The Kier molecular flexibility index (Phi) is 4.62. The van der Waals surface area contributed by atoms with Gasteiger partial charge in [-0.15, -0.1) is 0 Å². The lowest BCUT2D eigenvalue weighted by Gasteiger charge is -2.14. The van der Waals surface area contributed by atoms with Crippen LogP contribution in [-0.2, 0) is 9.59 Å². The largest absolute Gasteiger partial charge is 0.325 e. The fourth-order valence-corrected chi connectivity index (χ4v) is 1.23. The summed E-state index contributed by atoms with van der Waals surface area (Å²) in [6.07, 6.45) is 0. The molecular weight excluding hydrogens is 286 g/mol. The van der Waals surface area contributed by atoms with Crippen LogP contribution in [0.5, 0.6) is 0 Å². The van der Waals surface area contributed by atoms with Crippen LogP contribution >= 0.6 is 34.8 Å². The number of hydrogen-bond acceptors (Lipinski definition) is 2. The quantitative estimate of drug-likeness (QED) is 0.824. The maximum Gasteiger partial charge on any atom is 0.276 e. The van der Waals surface area contributed by atoms with Gasteiger partial charge >= 0.3 is 0 Å². The van der Waals surface area contributed by atoms with E-state index in [-0.39, 0.29) is 5.91 Å². The number of benzene rings is 1. The minimum Gasteiger partial charge on any atom is -0.325 e. The summed E-state index contributed by atoms with van der Waals surface area (Å²) >= 11 is 16.3. The number of rotatable bonds is 2. The second kappa shape index (κ2) is 5.58. The molecule has 0 heterocycles. The van der Waals surface area contributed by atoms with Crippen LogP contribution in [0.15, 0.2) is 24.3 Å². The van der Waals surface area contributed by atoms with E-state index in [0.29, 0.717) is 11.4 Å². The third kappa shape index (κ3) is 4.42. The number of amides is 2. The van der Waals surface area contributed by atoms with Gasteiger partial charge in [-0.25, -0.2) is 0 Å². The van der Waals surface area contributed by atoms with E-state index >= 15 is 0 Å². The SMILES string of the molecule is CC(=O)Nc1ccccc1NC(=O)C(Cl)(Cl)Cl. The van der Waals surface area contributed by atoms with Crippen LogP contribution in [-0.4, -0.2) is 15.6 Å². The lowest BCUT2D eigenvalue weighted by molar-refractivity contribution is -0.115. The van der Waals surface area contributed by atoms with Crippen molar-refractivity contribution < 1.29 is 9.59 Å². The number of nitrogens with one attached hydrogen (secondary N) is 2. The van der Waals surface area contributed by atoms with E-state index in [0.717, 1.165) is 0 Å². The zero-order valence-corrected chi connectivity index (χ0v) is 11.0. The van der Waals surface area contributed by atoms with Gasteiger partial charge in [-0.3, -0.25) is 9.59 Å². The second-order valence-electron chi connectivity index (χ2n) is 3.18. The normalized spacial score (nSPS) is 10.8. The molecule has 0 aliphatic rings. The maximum atomic E-state index is 11.5. The molecule has 0 bridgehead atoms. The Labute approximate surface area is 113 Å². The van der Waals surface area contributed by atoms with Crippen LogP contribution in [0.3, 0.4) is 0 Å². The highest BCUT2D eigenvalue weighted by atomic mass is 35.6. The average Bonchev–Trinajstić information content (AvgIpc) is 2.18. The number of carbonyl (C=O) groups is 2. The van der Waals surface area contributed by atoms with E-state index in [9.17, 15) is 9.59 Å². The Balaban J connectivity index is 2.91. The number of halogens is 3. The van der Waals surface area contributed by atoms with Crippen molar-refractivity contribution in [2.24, 2.45) is 0 Å². The van der Waals surface area contributed by atoms with Crippen LogP contribution in [0, 0.1) is 0 Å². The summed E-state index contributed by atoms with van der Waals surface area (Å²) in [6, 6.07) is 6.59. The van der Waals surface area contributed by atoms with Gasteiger partial charge in [0, 0.05) is 6.92 Å². The highest BCUT2D eigenvalue weighted by molar-refractivity contribution is 6.76. The smallest absolute Gasteiger partial charge is 0.276 e. The van der Waals surface area contributed by atoms with Gasteiger partial charge < -0.3 is 10.6 Å². The summed E-state index contributed by atoms with van der Waals surface area (Å²) < 4.78 is -2.05. The predicted molar refractivity (Wildman–Crippen MR) is 69.7 cm³/mol. The van der Waals surface area contributed by atoms with Gasteiger partial charge in [-0.05, 0) is 12.1 Å². The Morgan fingerprint density at radius 1 is 1.06 bits per heavy atom. The molecule has 2 amide bonds.